The van der Waals surface area contributed by atoms with Gasteiger partial charge in [0.15, 0.2) is 0 Å². The summed E-state index contributed by atoms with van der Waals surface area (Å²) >= 11 is 0. The van der Waals surface area contributed by atoms with Crippen LogP contribution in [0.4, 0.5) is 0 Å². The maximum atomic E-state index is 5.45. The highest BCUT2D eigenvalue weighted by Crippen LogP contribution is 2.06. The van der Waals surface area contributed by atoms with Crippen LogP contribution < -0.4 is 11.1 Å². The molecule has 0 spiro atoms. The molecule has 3 N–H and O–H groups in total. The third-order valence-electron chi connectivity index (χ3n) is 2.78. The second kappa shape index (κ2) is 6.93. The fraction of sp³-hybridized carbons (Fsp3) is 0.357. The minimum Gasteiger partial charge on any atom is -0.330 e. The van der Waals surface area contributed by atoms with Crippen molar-refractivity contribution in [1.29, 1.82) is 0 Å². The molecule has 0 bridgehead atoms. The summed E-state index contributed by atoms with van der Waals surface area (Å²) < 4.78 is 1.90. The molecule has 2 rings (SSSR count). The van der Waals surface area contributed by atoms with Gasteiger partial charge in [-0.05, 0) is 44.1 Å². The van der Waals surface area contributed by atoms with E-state index in [1.807, 2.05) is 47.3 Å². The first-order valence-electron chi connectivity index (χ1n) is 6.41. The molecule has 1 aromatic heterocycles. The molecule has 0 aliphatic rings. The Kier molecular flexibility index (Phi) is 4.93. The van der Waals surface area contributed by atoms with Crippen LogP contribution in [0.1, 0.15) is 18.5 Å². The fourth-order valence-corrected chi connectivity index (χ4v) is 1.79. The molecule has 2 aromatic rings. The Labute approximate surface area is 108 Å². The molecule has 0 aliphatic heterocycles. The number of benzene rings is 1. The number of hydrogen-bond donors (Lipinski definition) is 2. The zero-order chi connectivity index (χ0) is 12.6. The van der Waals surface area contributed by atoms with Crippen molar-refractivity contribution < 1.29 is 0 Å². The van der Waals surface area contributed by atoms with E-state index in [9.17, 15) is 0 Å². The Hall–Kier alpha value is -1.65. The molecule has 4 heteroatoms. The maximum Gasteiger partial charge on any atom is 0.0766 e. The average molecular weight is 244 g/mol. The van der Waals surface area contributed by atoms with Crippen LogP contribution in [-0.2, 0) is 6.54 Å². The first-order valence-corrected chi connectivity index (χ1v) is 6.41. The van der Waals surface area contributed by atoms with Crippen LogP contribution in [0, 0.1) is 0 Å². The third kappa shape index (κ3) is 3.68. The van der Waals surface area contributed by atoms with Crippen LogP contribution in [0.25, 0.3) is 5.69 Å². The number of nitrogens with zero attached hydrogens (tertiary/aromatic N) is 2. The van der Waals surface area contributed by atoms with Gasteiger partial charge in [-0.2, -0.15) is 5.10 Å². The summed E-state index contributed by atoms with van der Waals surface area (Å²) in [5.41, 5.74) is 7.60. The van der Waals surface area contributed by atoms with Gasteiger partial charge in [0.2, 0.25) is 0 Å². The predicted molar refractivity (Wildman–Crippen MR) is 73.6 cm³/mol. The first kappa shape index (κ1) is 12.8. The van der Waals surface area contributed by atoms with E-state index in [-0.39, 0.29) is 0 Å². The number of nitrogens with two attached hydrogens (primary N) is 1. The highest BCUT2D eigenvalue weighted by atomic mass is 15.3. The van der Waals surface area contributed by atoms with Crippen LogP contribution in [0.5, 0.6) is 0 Å². The van der Waals surface area contributed by atoms with Gasteiger partial charge in [-0.25, -0.2) is 4.68 Å². The standard InChI is InChI=1S/C14H20N4/c15-9-4-5-10-16-12-13-8-11-18(17-13)14-6-2-1-3-7-14/h1-3,6-8,11,16H,4-5,9-10,12,15H2. The average Bonchev–Trinajstić information content (AvgIpc) is 2.88. The Morgan fingerprint density at radius 3 is 2.72 bits per heavy atom. The Morgan fingerprint density at radius 1 is 1.11 bits per heavy atom. The van der Waals surface area contributed by atoms with Gasteiger partial charge >= 0.3 is 0 Å². The van der Waals surface area contributed by atoms with Crippen molar-refractivity contribution in [3.8, 4) is 5.69 Å². The van der Waals surface area contributed by atoms with E-state index >= 15 is 0 Å². The molecule has 0 aliphatic carbocycles. The van der Waals surface area contributed by atoms with Crippen LogP contribution in [0.15, 0.2) is 42.6 Å². The van der Waals surface area contributed by atoms with Crippen LogP contribution in [0.3, 0.4) is 0 Å². The van der Waals surface area contributed by atoms with Gasteiger partial charge in [0.1, 0.15) is 0 Å². The van der Waals surface area contributed by atoms with Crippen molar-refractivity contribution in [1.82, 2.24) is 15.1 Å². The summed E-state index contributed by atoms with van der Waals surface area (Å²) in [6.07, 6.45) is 4.19. The summed E-state index contributed by atoms with van der Waals surface area (Å²) in [5, 5.41) is 7.90. The van der Waals surface area contributed by atoms with Gasteiger partial charge in [0.05, 0.1) is 11.4 Å². The number of para-hydroxylation sites is 1. The fourth-order valence-electron chi connectivity index (χ4n) is 1.79. The minimum absolute atomic E-state index is 0.768. The lowest BCUT2D eigenvalue weighted by Crippen LogP contribution is -2.16. The number of hydrogen-bond acceptors (Lipinski definition) is 3. The highest BCUT2D eigenvalue weighted by Gasteiger charge is 2.00. The smallest absolute Gasteiger partial charge is 0.0766 e. The van der Waals surface area contributed by atoms with E-state index in [1.165, 1.54) is 0 Å². The number of rotatable bonds is 7. The largest absolute Gasteiger partial charge is 0.330 e. The van der Waals surface area contributed by atoms with Gasteiger partial charge in [0.25, 0.3) is 0 Å². The Balaban J connectivity index is 1.83. The van der Waals surface area contributed by atoms with Crippen molar-refractivity contribution in [2.45, 2.75) is 19.4 Å². The third-order valence-corrected chi connectivity index (χ3v) is 2.78. The molecule has 18 heavy (non-hydrogen) atoms. The number of aromatic nitrogens is 2. The van der Waals surface area contributed by atoms with E-state index < -0.39 is 0 Å². The van der Waals surface area contributed by atoms with Crippen molar-refractivity contribution in [2.24, 2.45) is 5.73 Å². The molecule has 1 heterocycles. The molecule has 0 saturated carbocycles. The lowest BCUT2D eigenvalue weighted by molar-refractivity contribution is 0.616. The van der Waals surface area contributed by atoms with E-state index in [4.69, 9.17) is 5.73 Å². The van der Waals surface area contributed by atoms with E-state index in [1.54, 1.807) is 0 Å². The van der Waals surface area contributed by atoms with E-state index in [0.717, 1.165) is 43.9 Å². The van der Waals surface area contributed by atoms with Crippen molar-refractivity contribution in [2.75, 3.05) is 13.1 Å². The monoisotopic (exact) mass is 244 g/mol. The topological polar surface area (TPSA) is 55.9 Å². The zero-order valence-electron chi connectivity index (χ0n) is 10.5. The molecule has 0 unspecified atom stereocenters. The second-order valence-corrected chi connectivity index (χ2v) is 4.26. The van der Waals surface area contributed by atoms with Gasteiger partial charge in [0, 0.05) is 12.7 Å². The normalized spacial score (nSPS) is 10.7. The van der Waals surface area contributed by atoms with Crippen LogP contribution in [0.2, 0.25) is 0 Å². The van der Waals surface area contributed by atoms with E-state index in [2.05, 4.69) is 10.4 Å². The number of unbranched alkanes of at least 4 members (excludes halogenated alkanes) is 1. The lowest BCUT2D eigenvalue weighted by Gasteiger charge is -2.02. The quantitative estimate of drug-likeness (QED) is 0.729. The van der Waals surface area contributed by atoms with Gasteiger partial charge in [-0.3, -0.25) is 0 Å². The van der Waals surface area contributed by atoms with Gasteiger partial charge in [-0.1, -0.05) is 18.2 Å². The summed E-state index contributed by atoms with van der Waals surface area (Å²) in [6, 6.07) is 12.2. The lowest BCUT2D eigenvalue weighted by atomic mass is 10.3. The molecule has 0 amide bonds. The van der Waals surface area contributed by atoms with Gasteiger partial charge in [-0.15, -0.1) is 0 Å². The summed E-state index contributed by atoms with van der Waals surface area (Å²) in [5.74, 6) is 0. The van der Waals surface area contributed by atoms with Gasteiger partial charge < -0.3 is 11.1 Å². The molecular formula is C14H20N4. The van der Waals surface area contributed by atoms with Crippen molar-refractivity contribution >= 4 is 0 Å². The molecular weight excluding hydrogens is 224 g/mol. The summed E-state index contributed by atoms with van der Waals surface area (Å²) in [6.45, 7) is 2.57. The Bertz CT molecular complexity index is 450. The van der Waals surface area contributed by atoms with E-state index in [0.29, 0.717) is 0 Å². The zero-order valence-corrected chi connectivity index (χ0v) is 10.5. The number of nitrogens with one attached hydrogen (secondary N) is 1. The van der Waals surface area contributed by atoms with Crippen LogP contribution in [-0.4, -0.2) is 22.9 Å². The van der Waals surface area contributed by atoms with Crippen LogP contribution >= 0.6 is 0 Å². The first-order chi connectivity index (χ1) is 8.90. The van der Waals surface area contributed by atoms with Crippen molar-refractivity contribution in [3.05, 3.63) is 48.3 Å². The molecule has 1 aromatic carbocycles. The van der Waals surface area contributed by atoms with Crippen molar-refractivity contribution in [3.63, 3.8) is 0 Å². The molecule has 96 valence electrons. The molecule has 4 nitrogen and oxygen atoms in total. The highest BCUT2D eigenvalue weighted by molar-refractivity contribution is 5.30. The minimum atomic E-state index is 0.768. The predicted octanol–water partition coefficient (Wildman–Crippen LogP) is 1.70. The summed E-state index contributed by atoms with van der Waals surface area (Å²) in [7, 11) is 0. The maximum absolute atomic E-state index is 5.45. The summed E-state index contributed by atoms with van der Waals surface area (Å²) in [4.78, 5) is 0. The molecule has 0 saturated heterocycles. The molecule has 0 radical (unpaired) electrons. The molecule has 0 fully saturated rings. The SMILES string of the molecule is NCCCCNCc1ccn(-c2ccccc2)n1. The Morgan fingerprint density at radius 2 is 1.94 bits per heavy atom. The second-order valence-electron chi connectivity index (χ2n) is 4.26. The molecule has 0 atom stereocenters.